The molecule has 0 saturated carbocycles. The van der Waals surface area contributed by atoms with Gasteiger partial charge in [0.25, 0.3) is 11.4 Å². The second-order valence-electron chi connectivity index (χ2n) is 12.8. The van der Waals surface area contributed by atoms with E-state index in [9.17, 15) is 49.6 Å². The second kappa shape index (κ2) is 14.6. The van der Waals surface area contributed by atoms with Gasteiger partial charge in [-0.15, -0.1) is 11.8 Å². The second-order valence-corrected chi connectivity index (χ2v) is 14.1. The maximum atomic E-state index is 13.7. The number of carboxylic acids is 1. The predicted octanol–water partition coefficient (Wildman–Crippen LogP) is 3.52. The Kier molecular flexibility index (Phi) is 10.2. The Bertz CT molecular complexity index is 1870. The number of hydrogen-bond acceptors (Lipinski definition) is 13. The lowest BCUT2D eigenvalue weighted by atomic mass is 9.79. The van der Waals surface area contributed by atoms with Gasteiger partial charge in [-0.2, -0.15) is 0 Å². The number of nitro groups is 2. The number of thioether (sulfide) groups is 1. The van der Waals surface area contributed by atoms with Gasteiger partial charge in [-0.3, -0.25) is 39.8 Å². The first-order valence-electron chi connectivity index (χ1n) is 16.3. The molecule has 6 atom stereocenters. The number of β-lactam (4-membered cyclic amide) rings is 1. The minimum absolute atomic E-state index is 0.0562. The molecule has 2 aromatic rings. The quantitative estimate of drug-likeness (QED) is 0.191. The monoisotopic (exact) mass is 738 g/mol. The van der Waals surface area contributed by atoms with Gasteiger partial charge in [0.1, 0.15) is 24.7 Å². The van der Waals surface area contributed by atoms with E-state index in [2.05, 4.69) is 4.99 Å². The molecule has 6 rings (SSSR count). The van der Waals surface area contributed by atoms with Crippen LogP contribution in [0, 0.1) is 32.1 Å². The number of aliphatic hydroxyl groups is 1. The number of benzene rings is 2. The van der Waals surface area contributed by atoms with Crippen molar-refractivity contribution in [3.8, 4) is 0 Å². The topological polar surface area (TPSA) is 236 Å². The van der Waals surface area contributed by atoms with E-state index in [0.717, 1.165) is 0 Å². The lowest BCUT2D eigenvalue weighted by Crippen LogP contribution is -2.63. The van der Waals surface area contributed by atoms with Crippen LogP contribution in [-0.2, 0) is 32.3 Å². The van der Waals surface area contributed by atoms with Crippen LogP contribution in [0.15, 0.2) is 64.1 Å². The largest absolute Gasteiger partial charge is 0.477 e. The van der Waals surface area contributed by atoms with E-state index in [4.69, 9.17) is 9.47 Å². The fourth-order valence-electron chi connectivity index (χ4n) is 7.00. The van der Waals surface area contributed by atoms with E-state index in [1.54, 1.807) is 6.92 Å². The van der Waals surface area contributed by atoms with Crippen LogP contribution in [0.25, 0.3) is 0 Å². The number of carboxylic acid groups (broad SMARTS) is 1. The molecule has 0 bridgehead atoms. The molecule has 2 N–H and O–H groups in total. The number of amides is 3. The number of ether oxygens (including phenoxy) is 2. The molecule has 0 aliphatic carbocycles. The van der Waals surface area contributed by atoms with Crippen LogP contribution < -0.4 is 0 Å². The lowest BCUT2D eigenvalue weighted by molar-refractivity contribution is -0.385. The molecule has 4 aliphatic rings. The smallest absolute Gasteiger partial charge is 0.415 e. The van der Waals surface area contributed by atoms with E-state index in [1.165, 1.54) is 81.9 Å². The maximum Gasteiger partial charge on any atom is 0.415 e. The summed E-state index contributed by atoms with van der Waals surface area (Å²) in [6, 6.07) is 9.69. The molecule has 2 saturated heterocycles. The summed E-state index contributed by atoms with van der Waals surface area (Å²) in [4.78, 5) is 82.2. The Morgan fingerprint density at radius 2 is 1.54 bits per heavy atom. The van der Waals surface area contributed by atoms with Crippen molar-refractivity contribution in [2.75, 3.05) is 19.6 Å². The van der Waals surface area contributed by atoms with Crippen LogP contribution in [0.5, 0.6) is 0 Å². The Labute approximate surface area is 300 Å². The summed E-state index contributed by atoms with van der Waals surface area (Å²) in [5.41, 5.74) is 0.607. The molecule has 0 spiro atoms. The molecule has 18 nitrogen and oxygen atoms in total. The van der Waals surface area contributed by atoms with Crippen molar-refractivity contribution in [2.45, 2.75) is 56.9 Å². The summed E-state index contributed by atoms with van der Waals surface area (Å²) in [5.74, 6) is -2.67. The molecule has 4 heterocycles. The van der Waals surface area contributed by atoms with E-state index in [1.807, 2.05) is 0 Å². The predicted molar refractivity (Wildman–Crippen MR) is 182 cm³/mol. The minimum Gasteiger partial charge on any atom is -0.477 e. The number of hydrogen-bond donors (Lipinski definition) is 2. The fourth-order valence-corrected chi connectivity index (χ4v) is 8.53. The van der Waals surface area contributed by atoms with Crippen molar-refractivity contribution in [3.63, 3.8) is 0 Å². The van der Waals surface area contributed by atoms with Gasteiger partial charge >= 0.3 is 18.2 Å². The molecule has 52 heavy (non-hydrogen) atoms. The molecule has 19 heteroatoms. The number of non-ortho nitro benzene ring substituents is 2. The first-order valence-corrected chi connectivity index (χ1v) is 17.2. The van der Waals surface area contributed by atoms with Crippen molar-refractivity contribution in [1.29, 1.82) is 0 Å². The van der Waals surface area contributed by atoms with E-state index in [0.29, 0.717) is 16.0 Å². The van der Waals surface area contributed by atoms with Crippen molar-refractivity contribution >= 4 is 53.0 Å². The van der Waals surface area contributed by atoms with Crippen molar-refractivity contribution in [2.24, 2.45) is 16.8 Å². The number of carbonyl (C=O) groups excluding carboxylic acids is 3. The van der Waals surface area contributed by atoms with Gasteiger partial charge in [0, 0.05) is 46.9 Å². The third-order valence-corrected chi connectivity index (χ3v) is 11.0. The molecule has 0 aromatic heterocycles. The summed E-state index contributed by atoms with van der Waals surface area (Å²) in [6.45, 7) is 3.32. The number of rotatable bonds is 11. The Balaban J connectivity index is 1.21. The number of fused-ring (bicyclic) bond motifs is 1. The van der Waals surface area contributed by atoms with Gasteiger partial charge < -0.3 is 24.6 Å². The van der Waals surface area contributed by atoms with Crippen molar-refractivity contribution < 1.29 is 48.7 Å². The van der Waals surface area contributed by atoms with Crippen LogP contribution in [0.4, 0.5) is 21.0 Å². The van der Waals surface area contributed by atoms with Crippen LogP contribution >= 0.6 is 11.8 Å². The highest BCUT2D eigenvalue weighted by Gasteiger charge is 2.60. The Morgan fingerprint density at radius 3 is 2.06 bits per heavy atom. The first kappa shape index (κ1) is 36.2. The number of carbonyl (C=O) groups is 4. The van der Waals surface area contributed by atoms with Crippen LogP contribution in [0.3, 0.4) is 0 Å². The van der Waals surface area contributed by atoms with E-state index < -0.39 is 69.2 Å². The first-order chi connectivity index (χ1) is 24.8. The van der Waals surface area contributed by atoms with E-state index >= 15 is 0 Å². The number of nitro benzene ring substituents is 2. The molecule has 3 amide bonds. The van der Waals surface area contributed by atoms with Crippen molar-refractivity contribution in [1.82, 2.24) is 14.7 Å². The summed E-state index contributed by atoms with van der Waals surface area (Å²) < 4.78 is 11.1. The summed E-state index contributed by atoms with van der Waals surface area (Å²) in [6.07, 6.45) is -2.26. The molecule has 2 aromatic carbocycles. The average Bonchev–Trinajstić information content (AvgIpc) is 3.82. The van der Waals surface area contributed by atoms with Crippen LogP contribution in [-0.4, -0.2) is 108 Å². The average molecular weight is 739 g/mol. The zero-order valence-electron chi connectivity index (χ0n) is 27.9. The molecular formula is C33H34N6O12S. The normalized spacial score (nSPS) is 24.3. The molecule has 274 valence electrons. The molecule has 0 unspecified atom stereocenters. The zero-order valence-corrected chi connectivity index (χ0v) is 28.7. The van der Waals surface area contributed by atoms with Crippen LogP contribution in [0.1, 0.15) is 31.4 Å². The fraction of sp³-hybridized carbons (Fsp3) is 0.424. The van der Waals surface area contributed by atoms with Gasteiger partial charge in [-0.05, 0) is 48.7 Å². The number of aliphatic carboxylic acids is 1. The standard InChI is InChI=1S/C33H34N6O12S/c1-17-26-25(18(2)40)30(41)37(26)27(31(42)43)28(17)52-23-13-24(36(14-23)33(45)51-16-20-5-9-22(10-6-20)39(48)49)29-34-11-12-35(29)32(44)50-15-19-3-7-21(8-4-19)38(46)47/h3-10,17-18,23-26,40H,11-16H2,1-2H3,(H,42,43)/t17-,18-,23+,24+,25-,26-/m1/s1. The Hall–Kier alpha value is -5.56. The van der Waals surface area contributed by atoms with Gasteiger partial charge in [0.05, 0.1) is 47.0 Å². The highest BCUT2D eigenvalue weighted by Crippen LogP contribution is 2.52. The number of aliphatic imine (C=N–C) groups is 1. The number of aliphatic hydroxyl groups excluding tert-OH is 1. The maximum absolute atomic E-state index is 13.7. The van der Waals surface area contributed by atoms with Gasteiger partial charge in [0.2, 0.25) is 5.91 Å². The SMILES string of the molecule is C[C@@H](O)[C@H]1C(=O)N2C(C(=O)O)=C(S[C@H]3C[C@@H](C4=NCCN4C(=O)OCc4ccc([N+](=O)[O-])cc4)N(C(=O)OCc4ccc([N+](=O)[O-])cc4)C3)[C@H](C)[C@H]12. The lowest BCUT2D eigenvalue weighted by Gasteiger charge is -2.46. The summed E-state index contributed by atoms with van der Waals surface area (Å²) in [5, 5.41) is 42.0. The zero-order chi connectivity index (χ0) is 37.4. The third kappa shape index (κ3) is 6.88. The molecule has 0 radical (unpaired) electrons. The number of nitrogens with zero attached hydrogens (tertiary/aromatic N) is 6. The number of likely N-dealkylation sites (tertiary alicyclic amines) is 1. The Morgan fingerprint density at radius 1 is 0.981 bits per heavy atom. The van der Waals surface area contributed by atoms with Gasteiger partial charge in [-0.1, -0.05) is 6.92 Å². The highest BCUT2D eigenvalue weighted by molar-refractivity contribution is 8.03. The summed E-state index contributed by atoms with van der Waals surface area (Å²) >= 11 is 1.22. The minimum atomic E-state index is -1.29. The van der Waals surface area contributed by atoms with Crippen LogP contribution in [0.2, 0.25) is 0 Å². The highest BCUT2D eigenvalue weighted by atomic mass is 32.2. The number of amidine groups is 1. The summed E-state index contributed by atoms with van der Waals surface area (Å²) in [7, 11) is 0. The van der Waals surface area contributed by atoms with Gasteiger partial charge in [-0.25, -0.2) is 14.4 Å². The van der Waals surface area contributed by atoms with E-state index in [-0.39, 0.29) is 62.2 Å². The molecule has 4 aliphatic heterocycles. The van der Waals surface area contributed by atoms with Gasteiger partial charge in [0.15, 0.2) is 0 Å². The van der Waals surface area contributed by atoms with Crippen molar-refractivity contribution in [3.05, 3.63) is 90.5 Å². The third-order valence-electron chi connectivity index (χ3n) is 9.51. The molecular weight excluding hydrogens is 704 g/mol. The molecule has 2 fully saturated rings.